The normalized spacial score (nSPS) is 28.2. The van der Waals surface area contributed by atoms with Gasteiger partial charge in [0.15, 0.2) is 0 Å². The average Bonchev–Trinajstić information content (AvgIpc) is 3.08. The molecule has 0 spiro atoms. The van der Waals surface area contributed by atoms with Crippen LogP contribution in [0.3, 0.4) is 0 Å². The smallest absolute Gasteiger partial charge is 0.411 e. The van der Waals surface area contributed by atoms with Crippen LogP contribution in [0.15, 0.2) is 36.4 Å². The number of fused-ring (bicyclic) bond motifs is 2. The van der Waals surface area contributed by atoms with Crippen LogP contribution in [0.5, 0.6) is 0 Å². The average molecular weight is 350 g/mol. The van der Waals surface area contributed by atoms with Gasteiger partial charge in [0.1, 0.15) is 0 Å². The molecule has 1 aromatic carbocycles. The number of allylic oxidation sites excluding steroid dienone is 2. The highest BCUT2D eigenvalue weighted by Crippen LogP contribution is 2.48. The lowest BCUT2D eigenvalue weighted by molar-refractivity contribution is -0.874. The van der Waals surface area contributed by atoms with Crippen LogP contribution in [-0.2, 0) is 4.74 Å². The largest absolute Gasteiger partial charge is 0.449 e. The lowest BCUT2D eigenvalue weighted by Crippen LogP contribution is -2.43. The van der Waals surface area contributed by atoms with Gasteiger partial charge in [0.25, 0.3) is 0 Å². The molecule has 4 nitrogen and oxygen atoms in total. The highest BCUT2D eigenvalue weighted by atomic mass is 35.5. The summed E-state index contributed by atoms with van der Waals surface area (Å²) in [4.78, 5) is 12.1. The van der Waals surface area contributed by atoms with Gasteiger partial charge in [-0.3, -0.25) is 5.32 Å². The van der Waals surface area contributed by atoms with E-state index in [1.165, 1.54) is 6.42 Å². The minimum Gasteiger partial charge on any atom is -0.449 e. The van der Waals surface area contributed by atoms with Crippen LogP contribution in [0.25, 0.3) is 0 Å². The maximum absolute atomic E-state index is 12.1. The molecule has 1 saturated carbocycles. The minimum absolute atomic E-state index is 0.395. The molecule has 0 aliphatic heterocycles. The third-order valence-corrected chi connectivity index (χ3v) is 5.31. The maximum Gasteiger partial charge on any atom is 0.411 e. The molecular weight excluding hydrogens is 324 g/mol. The van der Waals surface area contributed by atoms with Gasteiger partial charge in [0.2, 0.25) is 0 Å². The van der Waals surface area contributed by atoms with Crippen molar-refractivity contribution >= 4 is 23.4 Å². The summed E-state index contributed by atoms with van der Waals surface area (Å²) < 4.78 is 6.47. The lowest BCUT2D eigenvalue weighted by atomic mass is 9.83. The fourth-order valence-corrected chi connectivity index (χ4v) is 4.16. The summed E-state index contributed by atoms with van der Waals surface area (Å²) in [5, 5.41) is 3.40. The van der Waals surface area contributed by atoms with E-state index in [1.807, 2.05) is 0 Å². The summed E-state index contributed by atoms with van der Waals surface area (Å²) in [6.07, 6.45) is 5.47. The third-order valence-electron chi connectivity index (χ3n) is 5.06. The predicted octanol–water partition coefficient (Wildman–Crippen LogP) is 4.03. The highest BCUT2D eigenvalue weighted by Gasteiger charge is 2.47. The molecule has 2 bridgehead atoms. The highest BCUT2D eigenvalue weighted by molar-refractivity contribution is 6.30. The first kappa shape index (κ1) is 17.3. The Morgan fingerprint density at radius 2 is 1.79 bits per heavy atom. The van der Waals surface area contributed by atoms with Crippen LogP contribution in [0.4, 0.5) is 10.5 Å². The number of nitrogens with one attached hydrogen (secondary N) is 1. The molecule has 0 saturated heterocycles. The number of nitrogens with zero attached hydrogens (tertiary/aromatic N) is 1. The molecule has 2 aliphatic rings. The maximum atomic E-state index is 12.1. The summed E-state index contributed by atoms with van der Waals surface area (Å²) in [6.45, 7) is 1.59. The monoisotopic (exact) mass is 349 g/mol. The first-order valence-electron chi connectivity index (χ1n) is 8.50. The molecule has 0 radical (unpaired) electrons. The summed E-state index contributed by atoms with van der Waals surface area (Å²) in [5.74, 6) is 2.20. The van der Waals surface area contributed by atoms with Crippen molar-refractivity contribution < 1.29 is 14.0 Å². The quantitative estimate of drug-likeness (QED) is 0.643. The number of hydrogen-bond acceptors (Lipinski definition) is 2. The number of rotatable bonds is 5. The van der Waals surface area contributed by atoms with E-state index >= 15 is 0 Å². The minimum atomic E-state index is -0.395. The van der Waals surface area contributed by atoms with Crippen molar-refractivity contribution in [1.29, 1.82) is 0 Å². The molecule has 0 unspecified atom stereocenters. The van der Waals surface area contributed by atoms with E-state index in [-0.39, 0.29) is 0 Å². The number of halogens is 1. The molecule has 4 atom stereocenters. The van der Waals surface area contributed by atoms with Crippen LogP contribution in [0, 0.1) is 23.7 Å². The molecule has 130 valence electrons. The molecule has 5 heteroatoms. The van der Waals surface area contributed by atoms with Gasteiger partial charge < -0.3 is 9.22 Å². The number of anilines is 1. The van der Waals surface area contributed by atoms with Crippen molar-refractivity contribution in [3.8, 4) is 0 Å². The summed E-state index contributed by atoms with van der Waals surface area (Å²) in [6, 6.07) is 7.03. The van der Waals surface area contributed by atoms with E-state index in [4.69, 9.17) is 16.3 Å². The van der Waals surface area contributed by atoms with E-state index in [1.54, 1.807) is 24.3 Å². The first-order chi connectivity index (χ1) is 11.3. The van der Waals surface area contributed by atoms with Gasteiger partial charge >= 0.3 is 6.09 Å². The van der Waals surface area contributed by atoms with E-state index < -0.39 is 6.09 Å². The lowest BCUT2D eigenvalue weighted by Gasteiger charge is -2.34. The summed E-state index contributed by atoms with van der Waals surface area (Å²) in [5.41, 5.74) is 0.695. The fraction of sp³-hybridized carbons (Fsp3) is 0.526. The Morgan fingerprint density at radius 3 is 2.42 bits per heavy atom. The molecule has 0 aromatic heterocycles. The number of carbonyl (C=O) groups is 1. The van der Waals surface area contributed by atoms with Crippen molar-refractivity contribution in [2.24, 2.45) is 23.7 Å². The Bertz CT molecular complexity index is 621. The van der Waals surface area contributed by atoms with Crippen molar-refractivity contribution in [2.75, 3.05) is 39.6 Å². The van der Waals surface area contributed by atoms with Crippen molar-refractivity contribution in [2.45, 2.75) is 6.42 Å². The van der Waals surface area contributed by atoms with E-state index in [0.29, 0.717) is 41.0 Å². The van der Waals surface area contributed by atoms with Crippen molar-refractivity contribution in [3.05, 3.63) is 41.4 Å². The van der Waals surface area contributed by atoms with Crippen LogP contribution in [0.2, 0.25) is 5.02 Å². The number of amides is 1. The molecule has 2 aliphatic carbocycles. The van der Waals surface area contributed by atoms with Crippen molar-refractivity contribution in [3.63, 3.8) is 0 Å². The van der Waals surface area contributed by atoms with Gasteiger partial charge in [0, 0.05) is 22.5 Å². The SMILES string of the molecule is C[N+](C)(C)C[C@@H]1[C@@H](COC(=O)Nc2ccc(Cl)cc2)[C@H]2C=C[C@H]1C2. The second kappa shape index (κ2) is 6.77. The standard InChI is InChI=1S/C19H25ClN2O2/c1-22(2,3)11-17-13-4-5-14(10-13)18(17)12-24-19(23)21-16-8-6-15(20)7-9-16/h4-9,13-14,17-18H,10-12H2,1-3H3/p+1/t13-,14-,17-,18-/m0/s1. The molecule has 3 rings (SSSR count). The second-order valence-electron chi connectivity index (χ2n) is 7.98. The van der Waals surface area contributed by atoms with Crippen LogP contribution in [0.1, 0.15) is 6.42 Å². The topological polar surface area (TPSA) is 38.3 Å². The van der Waals surface area contributed by atoms with Gasteiger partial charge in [0.05, 0.1) is 34.3 Å². The zero-order valence-corrected chi connectivity index (χ0v) is 15.3. The number of ether oxygens (including phenoxy) is 1. The number of hydrogen-bond donors (Lipinski definition) is 1. The van der Waals surface area contributed by atoms with Crippen LogP contribution in [-0.4, -0.2) is 44.9 Å². The summed E-state index contributed by atoms with van der Waals surface area (Å²) >= 11 is 5.85. The Kier molecular flexibility index (Phi) is 4.88. The number of benzene rings is 1. The molecule has 1 fully saturated rings. The Hall–Kier alpha value is -1.52. The Balaban J connectivity index is 1.55. The zero-order chi connectivity index (χ0) is 17.3. The van der Waals surface area contributed by atoms with Gasteiger partial charge in [-0.1, -0.05) is 23.8 Å². The fourth-order valence-electron chi connectivity index (χ4n) is 4.04. The number of quaternary nitrogens is 1. The van der Waals surface area contributed by atoms with Crippen LogP contribution < -0.4 is 5.32 Å². The van der Waals surface area contributed by atoms with E-state index in [9.17, 15) is 4.79 Å². The first-order valence-corrected chi connectivity index (χ1v) is 8.88. The Labute approximate surface area is 149 Å². The van der Waals surface area contributed by atoms with Gasteiger partial charge in [-0.05, 0) is 42.5 Å². The predicted molar refractivity (Wildman–Crippen MR) is 97.0 cm³/mol. The molecular formula is C19H26ClN2O2+. The Morgan fingerprint density at radius 1 is 1.17 bits per heavy atom. The molecule has 1 N–H and O–H groups in total. The summed E-state index contributed by atoms with van der Waals surface area (Å²) in [7, 11) is 6.67. The van der Waals surface area contributed by atoms with E-state index in [2.05, 4.69) is 38.6 Å². The van der Waals surface area contributed by atoms with Crippen LogP contribution >= 0.6 is 11.6 Å². The van der Waals surface area contributed by atoms with E-state index in [0.717, 1.165) is 11.0 Å². The second-order valence-corrected chi connectivity index (χ2v) is 8.42. The molecule has 1 aromatic rings. The van der Waals surface area contributed by atoms with Gasteiger partial charge in [-0.15, -0.1) is 0 Å². The van der Waals surface area contributed by atoms with Gasteiger partial charge in [-0.2, -0.15) is 0 Å². The number of carbonyl (C=O) groups excluding carboxylic acids is 1. The van der Waals surface area contributed by atoms with Crippen molar-refractivity contribution in [1.82, 2.24) is 0 Å². The molecule has 1 amide bonds. The third kappa shape index (κ3) is 4.11. The molecule has 0 heterocycles. The van der Waals surface area contributed by atoms with Gasteiger partial charge in [-0.25, -0.2) is 4.79 Å². The zero-order valence-electron chi connectivity index (χ0n) is 14.5. The molecule has 24 heavy (non-hydrogen) atoms.